The van der Waals surface area contributed by atoms with Crippen molar-refractivity contribution in [2.75, 3.05) is 19.9 Å². The number of nitrogens with zero attached hydrogens (tertiary/aromatic N) is 1. The van der Waals surface area contributed by atoms with Crippen molar-refractivity contribution < 1.29 is 14.2 Å². The van der Waals surface area contributed by atoms with E-state index < -0.39 is 7.14 Å². The largest absolute Gasteiger partial charge is 0.323 e. The average molecular weight is 442 g/mol. The van der Waals surface area contributed by atoms with Crippen LogP contribution in [0.15, 0.2) is 48.5 Å². The Morgan fingerprint density at radius 3 is 2.25 bits per heavy atom. The number of halogens is 2. The molecular formula is C21H26Cl2NO3P. The van der Waals surface area contributed by atoms with Crippen LogP contribution in [0.4, 0.5) is 0 Å². The molecule has 4 nitrogen and oxygen atoms in total. The third-order valence-corrected chi connectivity index (χ3v) is 7.39. The van der Waals surface area contributed by atoms with E-state index in [-0.39, 0.29) is 17.7 Å². The van der Waals surface area contributed by atoms with Gasteiger partial charge in [-0.2, -0.15) is 0 Å². The summed E-state index contributed by atoms with van der Waals surface area (Å²) in [6.45, 7) is 7.16. The highest BCUT2D eigenvalue weighted by Crippen LogP contribution is 2.55. The molecule has 2 aromatic rings. The van der Waals surface area contributed by atoms with Crippen LogP contribution in [0.5, 0.6) is 0 Å². The fraction of sp³-hybridized carbons (Fsp3) is 0.381. The molecule has 0 spiro atoms. The highest BCUT2D eigenvalue weighted by Gasteiger charge is 2.27. The zero-order valence-electron chi connectivity index (χ0n) is 16.6. The molecule has 0 aromatic heterocycles. The zero-order valence-corrected chi connectivity index (χ0v) is 19.0. The van der Waals surface area contributed by atoms with Crippen LogP contribution in [0.1, 0.15) is 43.2 Å². The molecular weight excluding hydrogens is 416 g/mol. The normalized spacial score (nSPS) is 13.8. The predicted molar refractivity (Wildman–Crippen MR) is 117 cm³/mol. The molecule has 0 radical (unpaired) electrons. The minimum atomic E-state index is -2.51. The summed E-state index contributed by atoms with van der Waals surface area (Å²) in [5.74, 6) is -0.197. The van der Waals surface area contributed by atoms with Crippen LogP contribution >= 0.6 is 30.3 Å². The Labute approximate surface area is 177 Å². The van der Waals surface area contributed by atoms with Gasteiger partial charge in [0.05, 0.1) is 17.2 Å². The number of carbonyl (C=O) groups excluding carboxylic acids is 1. The van der Waals surface area contributed by atoms with E-state index >= 15 is 0 Å². The number of hydrogen-bond acceptors (Lipinski definition) is 3. The van der Waals surface area contributed by atoms with Crippen molar-refractivity contribution in [3.63, 3.8) is 0 Å². The van der Waals surface area contributed by atoms with Crippen molar-refractivity contribution >= 4 is 36.3 Å². The molecule has 0 aliphatic rings. The van der Waals surface area contributed by atoms with Crippen molar-refractivity contribution in [1.29, 1.82) is 0 Å². The Balaban J connectivity index is 2.15. The Morgan fingerprint density at radius 2 is 1.71 bits per heavy atom. The highest BCUT2D eigenvalue weighted by atomic mass is 35.5. The number of hydrogen-bond donors (Lipinski definition) is 0. The third kappa shape index (κ3) is 6.35. The molecule has 0 saturated carbocycles. The predicted octanol–water partition coefficient (Wildman–Crippen LogP) is 6.59. The second kappa shape index (κ2) is 9.93. The molecule has 2 rings (SSSR count). The van der Waals surface area contributed by atoms with Crippen molar-refractivity contribution in [2.24, 2.45) is 0 Å². The summed E-state index contributed by atoms with van der Waals surface area (Å²) >= 11 is 12.2. The Bertz CT molecular complexity index is 854. The lowest BCUT2D eigenvalue weighted by Crippen LogP contribution is -2.32. The van der Waals surface area contributed by atoms with Gasteiger partial charge in [-0.15, -0.1) is 0 Å². The summed E-state index contributed by atoms with van der Waals surface area (Å²) in [6.07, 6.45) is 0.215. The van der Waals surface area contributed by atoms with E-state index in [0.29, 0.717) is 23.0 Å². The van der Waals surface area contributed by atoms with E-state index in [2.05, 4.69) is 0 Å². The molecule has 2 unspecified atom stereocenters. The van der Waals surface area contributed by atoms with Crippen LogP contribution in [0.3, 0.4) is 0 Å². The molecule has 0 aliphatic carbocycles. The van der Waals surface area contributed by atoms with E-state index in [1.807, 2.05) is 43.3 Å². The van der Waals surface area contributed by atoms with Crippen molar-refractivity contribution in [2.45, 2.75) is 32.0 Å². The van der Waals surface area contributed by atoms with Gasteiger partial charge in [0, 0.05) is 19.1 Å². The van der Waals surface area contributed by atoms with Crippen LogP contribution < -0.4 is 0 Å². The maximum Gasteiger partial charge on any atom is 0.243 e. The number of carbonyl (C=O) groups is 1. The molecule has 2 aromatic carbocycles. The van der Waals surface area contributed by atoms with Gasteiger partial charge in [0.1, 0.15) is 6.10 Å². The second-order valence-electron chi connectivity index (χ2n) is 7.19. The summed E-state index contributed by atoms with van der Waals surface area (Å²) in [5.41, 5.74) is 1.58. The quantitative estimate of drug-likeness (QED) is 0.342. The van der Waals surface area contributed by atoms with Gasteiger partial charge < -0.3 is 4.57 Å². The Morgan fingerprint density at radius 1 is 1.07 bits per heavy atom. The fourth-order valence-corrected chi connectivity index (χ4v) is 4.98. The second-order valence-corrected chi connectivity index (χ2v) is 11.5. The van der Waals surface area contributed by atoms with Gasteiger partial charge in [-0.3, -0.25) is 9.63 Å². The zero-order chi connectivity index (χ0) is 20.9. The van der Waals surface area contributed by atoms with Gasteiger partial charge >= 0.3 is 0 Å². The summed E-state index contributed by atoms with van der Waals surface area (Å²) in [7, 11) is -2.51. The molecule has 28 heavy (non-hydrogen) atoms. The van der Waals surface area contributed by atoms with Crippen molar-refractivity contribution in [1.82, 2.24) is 5.06 Å². The van der Waals surface area contributed by atoms with Gasteiger partial charge in [0.2, 0.25) is 5.91 Å². The van der Waals surface area contributed by atoms with Crippen LogP contribution in [0.2, 0.25) is 10.0 Å². The standard InChI is InChI=1S/C21H26Cl2NO3P/c1-15(17-8-6-5-7-9-17)27-24(16(2)25)13-12-21(28(3,4)26)18-10-11-19(22)20(23)14-18/h5-11,14-15,21H,12-13H2,1-4H3. The van der Waals surface area contributed by atoms with Crippen LogP contribution in [-0.4, -0.2) is 30.8 Å². The summed E-state index contributed by atoms with van der Waals surface area (Å²) in [6, 6.07) is 15.0. The molecule has 0 heterocycles. The smallest absolute Gasteiger partial charge is 0.243 e. The average Bonchev–Trinajstić information content (AvgIpc) is 2.63. The monoisotopic (exact) mass is 441 g/mol. The number of benzene rings is 2. The molecule has 152 valence electrons. The topological polar surface area (TPSA) is 46.6 Å². The SMILES string of the molecule is CC(=O)N(CCC(c1ccc(Cl)c(Cl)c1)P(C)(C)=O)OC(C)c1ccccc1. The lowest BCUT2D eigenvalue weighted by molar-refractivity contribution is -0.203. The Kier molecular flexibility index (Phi) is 8.15. The first kappa shape index (κ1) is 23.0. The third-order valence-electron chi connectivity index (χ3n) is 4.59. The van der Waals surface area contributed by atoms with E-state index in [1.165, 1.54) is 12.0 Å². The van der Waals surface area contributed by atoms with Gasteiger partial charge in [0.25, 0.3) is 0 Å². The van der Waals surface area contributed by atoms with Gasteiger partial charge in [-0.25, -0.2) is 5.06 Å². The van der Waals surface area contributed by atoms with E-state index in [1.54, 1.807) is 25.5 Å². The summed E-state index contributed by atoms with van der Waals surface area (Å²) < 4.78 is 12.9. The highest BCUT2D eigenvalue weighted by molar-refractivity contribution is 7.62. The molecule has 0 N–H and O–H groups in total. The number of amides is 1. The molecule has 7 heteroatoms. The molecule has 0 saturated heterocycles. The van der Waals surface area contributed by atoms with E-state index in [9.17, 15) is 9.36 Å². The van der Waals surface area contributed by atoms with Gasteiger partial charge in [-0.05, 0) is 49.9 Å². The van der Waals surface area contributed by atoms with Gasteiger partial charge in [0.15, 0.2) is 0 Å². The van der Waals surface area contributed by atoms with Crippen molar-refractivity contribution in [3.05, 3.63) is 69.7 Å². The molecule has 0 bridgehead atoms. The molecule has 2 atom stereocenters. The minimum Gasteiger partial charge on any atom is -0.323 e. The number of rotatable bonds is 8. The summed E-state index contributed by atoms with van der Waals surface area (Å²) in [4.78, 5) is 18.0. The van der Waals surface area contributed by atoms with Crippen molar-refractivity contribution in [3.8, 4) is 0 Å². The first-order valence-electron chi connectivity index (χ1n) is 9.09. The lowest BCUT2D eigenvalue weighted by atomic mass is 10.1. The first-order valence-corrected chi connectivity index (χ1v) is 12.5. The molecule has 0 fully saturated rings. The van der Waals surface area contributed by atoms with Crippen LogP contribution in [0.25, 0.3) is 0 Å². The number of hydroxylamine groups is 2. The maximum absolute atomic E-state index is 12.9. The summed E-state index contributed by atoms with van der Waals surface area (Å²) in [5, 5.41) is 2.23. The van der Waals surface area contributed by atoms with E-state index in [0.717, 1.165) is 11.1 Å². The lowest BCUT2D eigenvalue weighted by Gasteiger charge is -2.28. The Hall–Kier alpha value is -1.32. The van der Waals surface area contributed by atoms with Crippen LogP contribution in [0, 0.1) is 0 Å². The maximum atomic E-state index is 12.9. The first-order chi connectivity index (χ1) is 13.1. The molecule has 0 aliphatic heterocycles. The van der Waals surface area contributed by atoms with Gasteiger partial charge in [-0.1, -0.05) is 59.6 Å². The minimum absolute atomic E-state index is 0.197. The van der Waals surface area contributed by atoms with Crippen LogP contribution in [-0.2, 0) is 14.2 Å². The fourth-order valence-electron chi connectivity index (χ4n) is 3.06. The molecule has 1 amide bonds. The van der Waals surface area contributed by atoms with E-state index in [4.69, 9.17) is 28.0 Å².